The predicted octanol–water partition coefficient (Wildman–Crippen LogP) is 2.76. The van der Waals surface area contributed by atoms with Gasteiger partial charge in [0.1, 0.15) is 5.75 Å². The molecule has 1 atom stereocenters. The summed E-state index contributed by atoms with van der Waals surface area (Å²) in [6.07, 6.45) is 2.21. The smallest absolute Gasteiger partial charge is 0.223 e. The Morgan fingerprint density at radius 1 is 1.07 bits per heavy atom. The summed E-state index contributed by atoms with van der Waals surface area (Å²) in [7, 11) is -1.13. The van der Waals surface area contributed by atoms with E-state index in [1.54, 1.807) is 12.1 Å². The molecule has 2 aromatic rings. The van der Waals surface area contributed by atoms with E-state index in [1.807, 2.05) is 23.1 Å². The molecule has 1 aliphatic heterocycles. The van der Waals surface area contributed by atoms with Gasteiger partial charge in [-0.1, -0.05) is 30.3 Å². The van der Waals surface area contributed by atoms with Crippen LogP contribution in [-0.4, -0.2) is 63.7 Å². The van der Waals surface area contributed by atoms with Crippen LogP contribution in [0.25, 0.3) is 0 Å². The van der Waals surface area contributed by atoms with Crippen molar-refractivity contribution in [2.75, 3.05) is 39.5 Å². The lowest BCUT2D eigenvalue weighted by Gasteiger charge is -2.40. The molecule has 156 valence electrons. The number of hydrogen-bond acceptors (Lipinski definition) is 5. The number of piperazine rings is 1. The molecule has 1 fully saturated rings. The lowest BCUT2D eigenvalue weighted by Crippen LogP contribution is -2.49. The molecule has 7 heteroatoms. The van der Waals surface area contributed by atoms with Crippen molar-refractivity contribution >= 4 is 15.7 Å². The molecule has 3 rings (SSSR count). The number of carbonyl (C=O) groups is 1. The number of nitrogens with zero attached hydrogens (tertiary/aromatic N) is 2. The molecule has 0 bridgehead atoms. The Hall–Kier alpha value is -2.38. The number of hydrogen-bond donors (Lipinski definition) is 0. The second kappa shape index (κ2) is 9.41. The highest BCUT2D eigenvalue weighted by Crippen LogP contribution is 2.25. The Kier molecular flexibility index (Phi) is 6.92. The van der Waals surface area contributed by atoms with E-state index in [2.05, 4.69) is 24.1 Å². The number of ether oxygens (including phenoxy) is 1. The molecule has 0 aromatic heterocycles. The Morgan fingerprint density at radius 2 is 1.76 bits per heavy atom. The highest BCUT2D eigenvalue weighted by atomic mass is 32.2. The van der Waals surface area contributed by atoms with Crippen molar-refractivity contribution in [3.8, 4) is 5.75 Å². The number of sulfone groups is 1. The fraction of sp³-hybridized carbons (Fsp3) is 0.409. The molecular formula is C22H28N2O4S. The summed E-state index contributed by atoms with van der Waals surface area (Å²) in [6.45, 7) is 2.84. The normalized spacial score (nSPS) is 17.9. The first kappa shape index (κ1) is 21.3. The molecule has 1 aliphatic rings. The van der Waals surface area contributed by atoms with Crippen molar-refractivity contribution in [1.29, 1.82) is 0 Å². The summed E-state index contributed by atoms with van der Waals surface area (Å²) in [5.74, 6) is 0.745. The van der Waals surface area contributed by atoms with Crippen molar-refractivity contribution in [2.24, 2.45) is 0 Å². The van der Waals surface area contributed by atoms with E-state index in [-0.39, 0.29) is 16.8 Å². The topological polar surface area (TPSA) is 66.9 Å². The Morgan fingerprint density at radius 3 is 2.41 bits per heavy atom. The quantitative estimate of drug-likeness (QED) is 0.650. The van der Waals surface area contributed by atoms with Crippen LogP contribution in [0.3, 0.4) is 0 Å². The van der Waals surface area contributed by atoms with Gasteiger partial charge in [-0.05, 0) is 43.3 Å². The molecule has 0 radical (unpaired) electrons. The average molecular weight is 417 g/mol. The highest BCUT2D eigenvalue weighted by Gasteiger charge is 2.29. The molecule has 1 saturated heterocycles. The van der Waals surface area contributed by atoms with Gasteiger partial charge in [0.15, 0.2) is 9.84 Å². The van der Waals surface area contributed by atoms with Gasteiger partial charge in [0.25, 0.3) is 0 Å². The first-order valence-corrected chi connectivity index (χ1v) is 11.7. The minimum absolute atomic E-state index is 0.0758. The molecule has 29 heavy (non-hydrogen) atoms. The fourth-order valence-electron chi connectivity index (χ4n) is 3.52. The van der Waals surface area contributed by atoms with Gasteiger partial charge in [-0.2, -0.15) is 0 Å². The van der Waals surface area contributed by atoms with Gasteiger partial charge in [0.2, 0.25) is 5.91 Å². The van der Waals surface area contributed by atoms with Gasteiger partial charge in [-0.25, -0.2) is 8.42 Å². The molecule has 0 N–H and O–H groups in total. The lowest BCUT2D eigenvalue weighted by molar-refractivity contribution is -0.136. The largest absolute Gasteiger partial charge is 0.494 e. The van der Waals surface area contributed by atoms with Crippen LogP contribution >= 0.6 is 0 Å². The zero-order valence-corrected chi connectivity index (χ0v) is 17.8. The summed E-state index contributed by atoms with van der Waals surface area (Å²) >= 11 is 0. The monoisotopic (exact) mass is 416 g/mol. The predicted molar refractivity (Wildman–Crippen MR) is 113 cm³/mol. The number of rotatable bonds is 7. The van der Waals surface area contributed by atoms with Crippen LogP contribution in [0, 0.1) is 0 Å². The van der Waals surface area contributed by atoms with Crippen LogP contribution in [0.15, 0.2) is 59.5 Å². The lowest BCUT2D eigenvalue weighted by atomic mass is 10.0. The molecule has 0 spiro atoms. The van der Waals surface area contributed by atoms with E-state index in [0.717, 1.165) is 25.2 Å². The maximum Gasteiger partial charge on any atom is 0.223 e. The van der Waals surface area contributed by atoms with Crippen molar-refractivity contribution in [1.82, 2.24) is 9.80 Å². The standard InChI is InChI=1S/C22H28N2O4S/c1-23-14-15-24(21(17-23)18-7-4-3-5-8-18)22(25)9-6-16-28-19-10-12-20(13-11-19)29(2,26)27/h3-5,7-8,10-13,21H,6,9,14-17H2,1-2H3. The van der Waals surface area contributed by atoms with Crippen LogP contribution in [-0.2, 0) is 14.6 Å². The zero-order valence-electron chi connectivity index (χ0n) is 17.0. The molecule has 0 saturated carbocycles. The molecule has 1 unspecified atom stereocenters. The summed E-state index contributed by atoms with van der Waals surface area (Å²) in [6, 6.07) is 16.6. The van der Waals surface area contributed by atoms with Crippen molar-refractivity contribution in [2.45, 2.75) is 23.8 Å². The number of carbonyl (C=O) groups excluding carboxylic acids is 1. The Labute approximate surface area is 173 Å². The van der Waals surface area contributed by atoms with E-state index in [9.17, 15) is 13.2 Å². The van der Waals surface area contributed by atoms with Gasteiger partial charge in [0, 0.05) is 32.3 Å². The van der Waals surface area contributed by atoms with Crippen molar-refractivity contribution < 1.29 is 17.9 Å². The molecule has 0 aliphatic carbocycles. The Balaban J connectivity index is 1.51. The van der Waals surface area contributed by atoms with Gasteiger partial charge in [-0.3, -0.25) is 4.79 Å². The molecule has 1 amide bonds. The molecule has 1 heterocycles. The van der Waals surface area contributed by atoms with Gasteiger partial charge in [0.05, 0.1) is 17.5 Å². The average Bonchev–Trinajstić information content (AvgIpc) is 2.71. The van der Waals surface area contributed by atoms with Crippen molar-refractivity contribution in [3.63, 3.8) is 0 Å². The van der Waals surface area contributed by atoms with E-state index in [1.165, 1.54) is 18.4 Å². The first-order chi connectivity index (χ1) is 13.8. The first-order valence-electron chi connectivity index (χ1n) is 9.80. The minimum Gasteiger partial charge on any atom is -0.494 e. The Bertz CT molecular complexity index is 914. The second-order valence-corrected chi connectivity index (χ2v) is 9.49. The maximum atomic E-state index is 12.8. The zero-order chi connectivity index (χ0) is 20.9. The third-order valence-electron chi connectivity index (χ3n) is 5.14. The van der Waals surface area contributed by atoms with E-state index < -0.39 is 9.84 Å². The minimum atomic E-state index is -3.21. The SMILES string of the molecule is CN1CCN(C(=O)CCCOc2ccc(S(C)(=O)=O)cc2)C(c2ccccc2)C1. The number of likely N-dealkylation sites (N-methyl/N-ethyl adjacent to an activating group) is 1. The maximum absolute atomic E-state index is 12.8. The van der Waals surface area contributed by atoms with E-state index in [4.69, 9.17) is 4.74 Å². The van der Waals surface area contributed by atoms with Gasteiger partial charge in [-0.15, -0.1) is 0 Å². The van der Waals surface area contributed by atoms with Crippen LogP contribution in [0.2, 0.25) is 0 Å². The van der Waals surface area contributed by atoms with Crippen LogP contribution < -0.4 is 4.74 Å². The van der Waals surface area contributed by atoms with E-state index in [0.29, 0.717) is 25.2 Å². The highest BCUT2D eigenvalue weighted by molar-refractivity contribution is 7.90. The third kappa shape index (κ3) is 5.81. The summed E-state index contributed by atoms with van der Waals surface area (Å²) < 4.78 is 28.7. The third-order valence-corrected chi connectivity index (χ3v) is 6.27. The molecule has 2 aromatic carbocycles. The summed E-state index contributed by atoms with van der Waals surface area (Å²) in [4.78, 5) is 17.3. The van der Waals surface area contributed by atoms with Crippen LogP contribution in [0.5, 0.6) is 5.75 Å². The summed E-state index contributed by atoms with van der Waals surface area (Å²) in [5.41, 5.74) is 1.16. The van der Waals surface area contributed by atoms with E-state index >= 15 is 0 Å². The van der Waals surface area contributed by atoms with Crippen molar-refractivity contribution in [3.05, 3.63) is 60.2 Å². The number of benzene rings is 2. The molecular weight excluding hydrogens is 388 g/mol. The van der Waals surface area contributed by atoms with Crippen LogP contribution in [0.4, 0.5) is 0 Å². The second-order valence-electron chi connectivity index (χ2n) is 7.47. The van der Waals surface area contributed by atoms with Crippen LogP contribution in [0.1, 0.15) is 24.4 Å². The summed E-state index contributed by atoms with van der Waals surface area (Å²) in [5, 5.41) is 0. The van der Waals surface area contributed by atoms with Gasteiger partial charge < -0.3 is 14.5 Å². The van der Waals surface area contributed by atoms with Gasteiger partial charge >= 0.3 is 0 Å². The number of amides is 1. The fourth-order valence-corrected chi connectivity index (χ4v) is 4.15. The molecule has 6 nitrogen and oxygen atoms in total.